The van der Waals surface area contributed by atoms with E-state index in [0.717, 1.165) is 19.0 Å². The van der Waals surface area contributed by atoms with Gasteiger partial charge >= 0.3 is 12.1 Å². The number of likely N-dealkylation sites (tertiary alicyclic amines) is 1. The van der Waals surface area contributed by atoms with E-state index >= 15 is 0 Å². The van der Waals surface area contributed by atoms with Gasteiger partial charge in [-0.3, -0.25) is 9.69 Å². The zero-order valence-corrected chi connectivity index (χ0v) is 24.5. The first-order chi connectivity index (χ1) is 18.0. The predicted octanol–water partition coefficient (Wildman–Crippen LogP) is 6.48. The van der Waals surface area contributed by atoms with Gasteiger partial charge in [0.1, 0.15) is 11.4 Å². The van der Waals surface area contributed by atoms with Crippen molar-refractivity contribution in [1.82, 2.24) is 10.2 Å². The number of nitrogens with zero attached hydrogens (tertiary/aromatic N) is 1. The lowest BCUT2D eigenvalue weighted by Crippen LogP contribution is -2.38. The molecule has 1 saturated heterocycles. The number of Topliss-reactive ketones (excluding diaryl/α,β-unsaturated/α-hetero) is 1. The molecule has 38 heavy (non-hydrogen) atoms. The Morgan fingerprint density at radius 1 is 1.05 bits per heavy atom. The highest BCUT2D eigenvalue weighted by Gasteiger charge is 2.25. The van der Waals surface area contributed by atoms with Crippen molar-refractivity contribution < 1.29 is 28.6 Å². The molecular formula is C29H40BrFN2O5. The molecule has 1 aliphatic rings. The summed E-state index contributed by atoms with van der Waals surface area (Å²) in [6.45, 7) is 9.84. The van der Waals surface area contributed by atoms with Crippen molar-refractivity contribution in [2.24, 2.45) is 5.92 Å². The van der Waals surface area contributed by atoms with Crippen LogP contribution in [0.4, 0.5) is 9.18 Å². The van der Waals surface area contributed by atoms with Crippen LogP contribution in [-0.4, -0.2) is 58.9 Å². The van der Waals surface area contributed by atoms with Crippen molar-refractivity contribution in [3.05, 3.63) is 71.5 Å². The highest BCUT2D eigenvalue weighted by atomic mass is 79.9. The van der Waals surface area contributed by atoms with Gasteiger partial charge in [0.2, 0.25) is 0 Å². The van der Waals surface area contributed by atoms with Gasteiger partial charge in [-0.05, 0) is 88.3 Å². The van der Waals surface area contributed by atoms with E-state index in [2.05, 4.69) is 33.1 Å². The van der Waals surface area contributed by atoms with E-state index in [-0.39, 0.29) is 11.6 Å². The fourth-order valence-electron chi connectivity index (χ4n) is 3.84. The SMILES string of the molecule is CBr.CC(C)(C)OC(=O)NC(C(=O)O)c1ccccc1.CCC1CCN(CC(=O)c2ccc(F)cc2)CC1. The van der Waals surface area contributed by atoms with Gasteiger partial charge in [-0.2, -0.15) is 0 Å². The minimum absolute atomic E-state index is 0.0879. The number of carbonyl (C=O) groups is 3. The molecule has 1 aliphatic heterocycles. The maximum atomic E-state index is 12.8. The molecule has 9 heteroatoms. The maximum absolute atomic E-state index is 12.8. The van der Waals surface area contributed by atoms with Crippen LogP contribution in [-0.2, 0) is 9.53 Å². The van der Waals surface area contributed by atoms with Crippen LogP contribution in [0, 0.1) is 11.7 Å². The Morgan fingerprint density at radius 2 is 1.61 bits per heavy atom. The Morgan fingerprint density at radius 3 is 2.08 bits per heavy atom. The summed E-state index contributed by atoms with van der Waals surface area (Å²) in [4.78, 5) is 36.9. The van der Waals surface area contributed by atoms with E-state index in [1.165, 1.54) is 31.4 Å². The molecule has 1 fully saturated rings. The van der Waals surface area contributed by atoms with Crippen LogP contribution in [0.2, 0.25) is 0 Å². The lowest BCUT2D eigenvalue weighted by molar-refractivity contribution is -0.139. The summed E-state index contributed by atoms with van der Waals surface area (Å²) in [6, 6.07) is 13.2. The Kier molecular flexibility index (Phi) is 14.8. The molecule has 210 valence electrons. The third-order valence-electron chi connectivity index (χ3n) is 5.86. The number of ketones is 1. The summed E-state index contributed by atoms with van der Waals surface area (Å²) in [7, 11) is 0. The van der Waals surface area contributed by atoms with E-state index < -0.39 is 23.7 Å². The third kappa shape index (κ3) is 12.6. The summed E-state index contributed by atoms with van der Waals surface area (Å²) in [5.41, 5.74) is 0.439. The number of alkyl halides is 1. The molecule has 1 amide bonds. The van der Waals surface area contributed by atoms with Crippen LogP contribution in [0.1, 0.15) is 68.9 Å². The molecule has 1 atom stereocenters. The van der Waals surface area contributed by atoms with E-state index in [9.17, 15) is 18.8 Å². The fraction of sp³-hybridized carbons (Fsp3) is 0.483. The standard InChI is InChI=1S/C15H20FNO.C13H17NO4.CH3Br/c1-2-12-7-9-17(10-8-12)11-15(18)13-3-5-14(16)6-4-13;1-13(2,3)18-12(17)14-10(11(15)16)9-7-5-4-6-8-9;1-2/h3-6,12H,2,7-11H2,1H3;4-8,10H,1-3H3,(H,14,17)(H,15,16);1H3. The van der Waals surface area contributed by atoms with Crippen molar-refractivity contribution in [2.45, 2.75) is 58.6 Å². The Labute approximate surface area is 233 Å². The number of rotatable bonds is 7. The first kappa shape index (κ1) is 33.2. The zero-order valence-electron chi connectivity index (χ0n) is 22.9. The van der Waals surface area contributed by atoms with Gasteiger partial charge < -0.3 is 15.2 Å². The maximum Gasteiger partial charge on any atom is 0.408 e. The normalized spacial score (nSPS) is 14.6. The largest absolute Gasteiger partial charge is 0.479 e. The molecule has 2 aromatic carbocycles. The van der Waals surface area contributed by atoms with Gasteiger partial charge in [0.25, 0.3) is 0 Å². The second kappa shape index (κ2) is 16.9. The highest BCUT2D eigenvalue weighted by Crippen LogP contribution is 2.20. The number of nitrogens with one attached hydrogen (secondary N) is 1. The van der Waals surface area contributed by atoms with Crippen LogP contribution in [0.3, 0.4) is 0 Å². The number of ether oxygens (including phenoxy) is 1. The van der Waals surface area contributed by atoms with Crippen molar-refractivity contribution in [3.8, 4) is 0 Å². The van der Waals surface area contributed by atoms with Gasteiger partial charge in [0.05, 0.1) is 6.54 Å². The van der Waals surface area contributed by atoms with Gasteiger partial charge in [-0.25, -0.2) is 14.0 Å². The number of hydrogen-bond acceptors (Lipinski definition) is 5. The van der Waals surface area contributed by atoms with E-state index in [0.29, 0.717) is 17.7 Å². The summed E-state index contributed by atoms with van der Waals surface area (Å²) < 4.78 is 17.8. The van der Waals surface area contributed by atoms with Crippen LogP contribution in [0.5, 0.6) is 0 Å². The number of hydrogen-bond donors (Lipinski definition) is 2. The quantitative estimate of drug-likeness (QED) is 0.281. The number of alkyl carbamates (subject to hydrolysis) is 1. The van der Waals surface area contributed by atoms with E-state index in [1.54, 1.807) is 63.2 Å². The molecule has 0 saturated carbocycles. The van der Waals surface area contributed by atoms with Crippen molar-refractivity contribution >= 4 is 33.8 Å². The summed E-state index contributed by atoms with van der Waals surface area (Å²) >= 11 is 2.94. The number of amides is 1. The molecule has 2 N–H and O–H groups in total. The predicted molar refractivity (Wildman–Crippen MR) is 151 cm³/mol. The van der Waals surface area contributed by atoms with Crippen LogP contribution in [0.15, 0.2) is 54.6 Å². The molecule has 0 aromatic heterocycles. The lowest BCUT2D eigenvalue weighted by atomic mass is 9.94. The monoisotopic (exact) mass is 594 g/mol. The first-order valence-electron chi connectivity index (χ1n) is 12.6. The minimum Gasteiger partial charge on any atom is -0.479 e. The van der Waals surface area contributed by atoms with Gasteiger partial charge in [0, 0.05) is 5.56 Å². The number of carboxylic acid groups (broad SMARTS) is 1. The smallest absolute Gasteiger partial charge is 0.408 e. The summed E-state index contributed by atoms with van der Waals surface area (Å²) in [5, 5.41) is 11.4. The highest BCUT2D eigenvalue weighted by molar-refractivity contribution is 9.08. The Hall–Kier alpha value is -2.78. The number of carboxylic acids is 1. The van der Waals surface area contributed by atoms with Gasteiger partial charge in [-0.1, -0.05) is 59.6 Å². The Balaban J connectivity index is 0.000000357. The number of halogens is 2. The van der Waals surface area contributed by atoms with Crippen molar-refractivity contribution in [2.75, 3.05) is 25.5 Å². The molecule has 0 spiro atoms. The van der Waals surface area contributed by atoms with Crippen LogP contribution < -0.4 is 5.32 Å². The zero-order chi connectivity index (χ0) is 28.7. The molecule has 0 aliphatic carbocycles. The molecule has 1 heterocycles. The first-order valence-corrected chi connectivity index (χ1v) is 14.2. The summed E-state index contributed by atoms with van der Waals surface area (Å²) in [5.74, 6) is 1.29. The van der Waals surface area contributed by atoms with Gasteiger partial charge in [0.15, 0.2) is 11.8 Å². The second-order valence-electron chi connectivity index (χ2n) is 9.89. The van der Waals surface area contributed by atoms with Crippen LogP contribution >= 0.6 is 15.9 Å². The van der Waals surface area contributed by atoms with E-state index in [4.69, 9.17) is 9.84 Å². The molecule has 3 rings (SSSR count). The molecular weight excluding hydrogens is 555 g/mol. The minimum atomic E-state index is -1.13. The molecule has 1 unspecified atom stereocenters. The number of piperidine rings is 1. The topological polar surface area (TPSA) is 95.9 Å². The molecule has 2 aromatic rings. The fourth-order valence-corrected chi connectivity index (χ4v) is 3.84. The van der Waals surface area contributed by atoms with Gasteiger partial charge in [-0.15, -0.1) is 0 Å². The number of benzene rings is 2. The summed E-state index contributed by atoms with van der Waals surface area (Å²) in [6.07, 6.45) is 2.86. The van der Waals surface area contributed by atoms with Crippen molar-refractivity contribution in [1.29, 1.82) is 0 Å². The average Bonchev–Trinajstić information content (AvgIpc) is 2.89. The molecule has 0 radical (unpaired) electrons. The average molecular weight is 596 g/mol. The third-order valence-corrected chi connectivity index (χ3v) is 5.86. The van der Waals surface area contributed by atoms with Crippen molar-refractivity contribution in [3.63, 3.8) is 0 Å². The second-order valence-corrected chi connectivity index (χ2v) is 9.89. The van der Waals surface area contributed by atoms with Crippen LogP contribution in [0.25, 0.3) is 0 Å². The Bertz CT molecular complexity index is 988. The lowest BCUT2D eigenvalue weighted by Gasteiger charge is -2.30. The molecule has 7 nitrogen and oxygen atoms in total. The number of carbonyl (C=O) groups excluding carboxylic acids is 2. The van der Waals surface area contributed by atoms with E-state index in [1.807, 2.05) is 5.83 Å². The number of aliphatic carboxylic acids is 1. The molecule has 0 bridgehead atoms.